The minimum atomic E-state index is -0.140. The van der Waals surface area contributed by atoms with Crippen molar-refractivity contribution in [2.75, 3.05) is 19.6 Å². The van der Waals surface area contributed by atoms with Gasteiger partial charge in [-0.2, -0.15) is 0 Å². The number of amides is 2. The lowest BCUT2D eigenvalue weighted by molar-refractivity contribution is -0.128. The molecule has 1 saturated heterocycles. The summed E-state index contributed by atoms with van der Waals surface area (Å²) >= 11 is 5.81. The maximum atomic E-state index is 11.8. The van der Waals surface area contributed by atoms with Gasteiger partial charge >= 0.3 is 0 Å². The maximum Gasteiger partial charge on any atom is 0.222 e. The number of hydrogen-bond donors (Lipinski definition) is 1. The van der Waals surface area contributed by atoms with Crippen LogP contribution in [0.4, 0.5) is 0 Å². The van der Waals surface area contributed by atoms with Crippen LogP contribution in [-0.2, 0) is 9.59 Å². The summed E-state index contributed by atoms with van der Waals surface area (Å²) in [7, 11) is 0. The topological polar surface area (TPSA) is 58.6 Å². The van der Waals surface area contributed by atoms with Gasteiger partial charge in [-0.25, -0.2) is 0 Å². The molecule has 1 aliphatic heterocycles. The average Bonchev–Trinajstić information content (AvgIpc) is 2.91. The van der Waals surface area contributed by atoms with Gasteiger partial charge in [-0.1, -0.05) is 11.6 Å². The maximum absolute atomic E-state index is 11.8. The Morgan fingerprint density at radius 3 is 2.77 bits per heavy atom. The van der Waals surface area contributed by atoms with E-state index in [4.69, 9.17) is 16.3 Å². The molecule has 0 spiro atoms. The molecule has 1 aromatic rings. The number of likely N-dealkylation sites (tertiary alicyclic amines) is 1. The van der Waals surface area contributed by atoms with Crippen LogP contribution in [-0.4, -0.2) is 42.5 Å². The normalized spacial score (nSPS) is 15.7. The van der Waals surface area contributed by atoms with Crippen LogP contribution in [0.25, 0.3) is 0 Å². The second kappa shape index (κ2) is 8.03. The highest BCUT2D eigenvalue weighted by Gasteiger charge is 2.20. The zero-order chi connectivity index (χ0) is 15.9. The van der Waals surface area contributed by atoms with Crippen molar-refractivity contribution in [1.82, 2.24) is 10.2 Å². The number of nitrogens with one attached hydrogen (secondary N) is 1. The van der Waals surface area contributed by atoms with Gasteiger partial charge in [0.25, 0.3) is 0 Å². The lowest BCUT2D eigenvalue weighted by atomic mass is 10.3. The summed E-state index contributed by atoms with van der Waals surface area (Å²) in [6, 6.07) is 7.10. The van der Waals surface area contributed by atoms with Gasteiger partial charge in [-0.3, -0.25) is 9.59 Å². The van der Waals surface area contributed by atoms with Gasteiger partial charge in [0.05, 0.1) is 6.54 Å². The van der Waals surface area contributed by atoms with E-state index in [1.807, 2.05) is 6.92 Å². The summed E-state index contributed by atoms with van der Waals surface area (Å²) < 4.78 is 5.68. The summed E-state index contributed by atoms with van der Waals surface area (Å²) in [4.78, 5) is 25.0. The molecule has 1 atom stereocenters. The third kappa shape index (κ3) is 5.22. The molecule has 5 nitrogen and oxygen atoms in total. The van der Waals surface area contributed by atoms with Gasteiger partial charge in [0.1, 0.15) is 11.9 Å². The van der Waals surface area contributed by atoms with Crippen LogP contribution in [0, 0.1) is 0 Å². The van der Waals surface area contributed by atoms with E-state index in [2.05, 4.69) is 5.32 Å². The molecule has 120 valence electrons. The largest absolute Gasteiger partial charge is 0.489 e. The van der Waals surface area contributed by atoms with Crippen LogP contribution in [0.5, 0.6) is 5.75 Å². The molecule has 0 saturated carbocycles. The Hall–Kier alpha value is -1.75. The third-order valence-electron chi connectivity index (χ3n) is 3.52. The number of carbonyl (C=O) groups excluding carboxylic acids is 2. The quantitative estimate of drug-likeness (QED) is 0.836. The average molecular weight is 325 g/mol. The van der Waals surface area contributed by atoms with Crippen LogP contribution in [0.1, 0.15) is 26.2 Å². The first kappa shape index (κ1) is 16.6. The molecule has 0 bridgehead atoms. The Balaban J connectivity index is 1.64. The Morgan fingerprint density at radius 1 is 1.41 bits per heavy atom. The SMILES string of the molecule is CC(CNC(=O)CCN1CCCC1=O)Oc1ccc(Cl)cc1. The monoisotopic (exact) mass is 324 g/mol. The van der Waals surface area contributed by atoms with Gasteiger partial charge in [-0.15, -0.1) is 0 Å². The van der Waals surface area contributed by atoms with Crippen LogP contribution < -0.4 is 10.1 Å². The summed E-state index contributed by atoms with van der Waals surface area (Å²) in [5.74, 6) is 0.798. The molecule has 1 N–H and O–H groups in total. The molecule has 1 aromatic carbocycles. The number of halogens is 1. The van der Waals surface area contributed by atoms with Crippen molar-refractivity contribution in [3.05, 3.63) is 29.3 Å². The summed E-state index contributed by atoms with van der Waals surface area (Å²) in [5.41, 5.74) is 0. The Bertz CT molecular complexity index is 519. The van der Waals surface area contributed by atoms with Gasteiger partial charge in [-0.05, 0) is 37.6 Å². The van der Waals surface area contributed by atoms with Gasteiger partial charge < -0.3 is 15.0 Å². The molecule has 0 aliphatic carbocycles. The molecule has 1 fully saturated rings. The first-order valence-electron chi connectivity index (χ1n) is 7.51. The van der Waals surface area contributed by atoms with Crippen LogP contribution in [0.2, 0.25) is 5.02 Å². The van der Waals surface area contributed by atoms with Crippen molar-refractivity contribution in [2.24, 2.45) is 0 Å². The van der Waals surface area contributed by atoms with Crippen LogP contribution in [0.15, 0.2) is 24.3 Å². The molecule has 22 heavy (non-hydrogen) atoms. The van der Waals surface area contributed by atoms with Crippen molar-refractivity contribution in [2.45, 2.75) is 32.3 Å². The van der Waals surface area contributed by atoms with Crippen LogP contribution >= 0.6 is 11.6 Å². The second-order valence-electron chi connectivity index (χ2n) is 5.42. The van der Waals surface area contributed by atoms with Crippen molar-refractivity contribution in [3.8, 4) is 5.75 Å². The number of benzene rings is 1. The van der Waals surface area contributed by atoms with E-state index in [0.29, 0.717) is 36.7 Å². The first-order chi connectivity index (χ1) is 10.5. The van der Waals surface area contributed by atoms with Crippen molar-refractivity contribution < 1.29 is 14.3 Å². The van der Waals surface area contributed by atoms with Gasteiger partial charge in [0, 0.05) is 31.0 Å². The highest BCUT2D eigenvalue weighted by molar-refractivity contribution is 6.30. The van der Waals surface area contributed by atoms with E-state index in [-0.39, 0.29) is 17.9 Å². The third-order valence-corrected chi connectivity index (χ3v) is 3.77. The predicted molar refractivity (Wildman–Crippen MR) is 85.0 cm³/mol. The summed E-state index contributed by atoms with van der Waals surface area (Å²) in [5, 5.41) is 3.48. The van der Waals surface area contributed by atoms with E-state index in [0.717, 1.165) is 13.0 Å². The Morgan fingerprint density at radius 2 is 2.14 bits per heavy atom. The lowest BCUT2D eigenvalue weighted by Crippen LogP contribution is -2.36. The molecule has 2 rings (SSSR count). The smallest absolute Gasteiger partial charge is 0.222 e. The molecule has 2 amide bonds. The summed E-state index contributed by atoms with van der Waals surface area (Å²) in [6.07, 6.45) is 1.69. The Kier molecular flexibility index (Phi) is 6.07. The zero-order valence-corrected chi connectivity index (χ0v) is 13.4. The number of nitrogens with zero attached hydrogens (tertiary/aromatic N) is 1. The molecule has 1 aliphatic rings. The molecule has 0 radical (unpaired) electrons. The predicted octanol–water partition coefficient (Wildman–Crippen LogP) is 2.24. The molecule has 1 unspecified atom stereocenters. The van der Waals surface area contributed by atoms with Crippen LogP contribution in [0.3, 0.4) is 0 Å². The number of ether oxygens (including phenoxy) is 1. The molecular formula is C16H21ClN2O3. The van der Waals surface area contributed by atoms with Crippen molar-refractivity contribution in [1.29, 1.82) is 0 Å². The minimum absolute atomic E-state index is 0.0637. The molecule has 0 aromatic heterocycles. The first-order valence-corrected chi connectivity index (χ1v) is 7.89. The molecule has 6 heteroatoms. The lowest BCUT2D eigenvalue weighted by Gasteiger charge is -2.17. The van der Waals surface area contributed by atoms with E-state index < -0.39 is 0 Å². The van der Waals surface area contributed by atoms with Crippen molar-refractivity contribution in [3.63, 3.8) is 0 Å². The van der Waals surface area contributed by atoms with Gasteiger partial charge in [0.15, 0.2) is 0 Å². The van der Waals surface area contributed by atoms with E-state index >= 15 is 0 Å². The second-order valence-corrected chi connectivity index (χ2v) is 5.86. The highest BCUT2D eigenvalue weighted by Crippen LogP contribution is 2.16. The summed E-state index contributed by atoms with van der Waals surface area (Å²) in [6.45, 7) is 3.58. The van der Waals surface area contributed by atoms with Crippen molar-refractivity contribution >= 4 is 23.4 Å². The fourth-order valence-electron chi connectivity index (χ4n) is 2.31. The minimum Gasteiger partial charge on any atom is -0.489 e. The standard InChI is InChI=1S/C16H21ClN2O3/c1-12(22-14-6-4-13(17)5-7-14)11-18-15(20)8-10-19-9-2-3-16(19)21/h4-7,12H,2-3,8-11H2,1H3,(H,18,20). The zero-order valence-electron chi connectivity index (χ0n) is 12.7. The molecular weight excluding hydrogens is 304 g/mol. The Labute approximate surface area is 135 Å². The number of carbonyl (C=O) groups is 2. The van der Waals surface area contributed by atoms with E-state index in [9.17, 15) is 9.59 Å². The fraction of sp³-hybridized carbons (Fsp3) is 0.500. The highest BCUT2D eigenvalue weighted by atomic mass is 35.5. The molecule has 1 heterocycles. The van der Waals surface area contributed by atoms with E-state index in [1.165, 1.54) is 0 Å². The number of rotatable bonds is 7. The van der Waals surface area contributed by atoms with Gasteiger partial charge in [0.2, 0.25) is 11.8 Å². The fourth-order valence-corrected chi connectivity index (χ4v) is 2.44. The van der Waals surface area contributed by atoms with E-state index in [1.54, 1.807) is 29.2 Å². The number of hydrogen-bond acceptors (Lipinski definition) is 3.